The molecular weight excluding hydrogens is 268 g/mol. The fourth-order valence-corrected chi connectivity index (χ4v) is 2.14. The minimum absolute atomic E-state index is 0.0484. The minimum atomic E-state index is -0.471. The SMILES string of the molecule is COc1ccc(C(=O)CC(OC)c2ccccc2O)cc1. The van der Waals surface area contributed by atoms with Crippen molar-refractivity contribution in [2.75, 3.05) is 14.2 Å². The Balaban J connectivity index is 2.14. The van der Waals surface area contributed by atoms with Gasteiger partial charge >= 0.3 is 0 Å². The van der Waals surface area contributed by atoms with Crippen LogP contribution in [0.4, 0.5) is 0 Å². The lowest BCUT2D eigenvalue weighted by Gasteiger charge is -2.16. The number of rotatable bonds is 6. The third kappa shape index (κ3) is 3.61. The lowest BCUT2D eigenvalue weighted by atomic mass is 9.99. The highest BCUT2D eigenvalue weighted by Gasteiger charge is 2.19. The molecule has 0 aliphatic carbocycles. The maximum Gasteiger partial charge on any atom is 0.165 e. The van der Waals surface area contributed by atoms with Gasteiger partial charge in [-0.05, 0) is 30.3 Å². The van der Waals surface area contributed by atoms with Gasteiger partial charge in [-0.1, -0.05) is 18.2 Å². The quantitative estimate of drug-likeness (QED) is 0.827. The Hall–Kier alpha value is -2.33. The Morgan fingerprint density at radius 3 is 2.33 bits per heavy atom. The van der Waals surface area contributed by atoms with Gasteiger partial charge in [-0.15, -0.1) is 0 Å². The third-order valence-electron chi connectivity index (χ3n) is 3.35. The van der Waals surface area contributed by atoms with Crippen LogP contribution in [0.3, 0.4) is 0 Å². The van der Waals surface area contributed by atoms with Gasteiger partial charge in [0, 0.05) is 24.7 Å². The van der Waals surface area contributed by atoms with Crippen LogP contribution in [0.25, 0.3) is 0 Å². The van der Waals surface area contributed by atoms with Crippen molar-refractivity contribution in [1.82, 2.24) is 0 Å². The highest BCUT2D eigenvalue weighted by Crippen LogP contribution is 2.29. The van der Waals surface area contributed by atoms with Crippen molar-refractivity contribution < 1.29 is 19.4 Å². The summed E-state index contributed by atoms with van der Waals surface area (Å²) in [4.78, 5) is 12.3. The van der Waals surface area contributed by atoms with E-state index in [-0.39, 0.29) is 18.0 Å². The maximum absolute atomic E-state index is 12.3. The maximum atomic E-state index is 12.3. The first kappa shape index (κ1) is 15.1. The monoisotopic (exact) mass is 286 g/mol. The summed E-state index contributed by atoms with van der Waals surface area (Å²) in [6.45, 7) is 0. The molecule has 1 atom stereocenters. The second kappa shape index (κ2) is 6.90. The van der Waals surface area contributed by atoms with E-state index in [4.69, 9.17) is 9.47 Å². The molecule has 21 heavy (non-hydrogen) atoms. The lowest BCUT2D eigenvalue weighted by Crippen LogP contribution is -2.09. The number of carbonyl (C=O) groups excluding carboxylic acids is 1. The van der Waals surface area contributed by atoms with Crippen molar-refractivity contribution in [3.05, 3.63) is 59.7 Å². The predicted octanol–water partition coefficient (Wildman–Crippen LogP) is 3.36. The van der Waals surface area contributed by atoms with Gasteiger partial charge in [0.1, 0.15) is 11.5 Å². The molecule has 1 N–H and O–H groups in total. The van der Waals surface area contributed by atoms with E-state index >= 15 is 0 Å². The number of para-hydroxylation sites is 1. The summed E-state index contributed by atoms with van der Waals surface area (Å²) in [5, 5.41) is 9.86. The summed E-state index contributed by atoms with van der Waals surface area (Å²) in [6.07, 6.45) is -0.304. The number of phenolic OH excluding ortho intramolecular Hbond substituents is 1. The van der Waals surface area contributed by atoms with Gasteiger partial charge in [0.05, 0.1) is 13.2 Å². The molecule has 0 saturated carbocycles. The zero-order chi connectivity index (χ0) is 15.2. The van der Waals surface area contributed by atoms with E-state index in [0.29, 0.717) is 16.9 Å². The van der Waals surface area contributed by atoms with E-state index in [1.165, 1.54) is 7.11 Å². The molecule has 2 rings (SSSR count). The predicted molar refractivity (Wildman–Crippen MR) is 79.8 cm³/mol. The van der Waals surface area contributed by atoms with Crippen molar-refractivity contribution >= 4 is 5.78 Å². The standard InChI is InChI=1S/C17H18O4/c1-20-13-9-7-12(8-10-13)16(19)11-17(21-2)14-5-3-4-6-15(14)18/h3-10,17-18H,11H2,1-2H3. The summed E-state index contributed by atoms with van der Waals surface area (Å²) < 4.78 is 10.4. The first-order valence-corrected chi connectivity index (χ1v) is 6.63. The van der Waals surface area contributed by atoms with Crippen LogP contribution >= 0.6 is 0 Å². The molecule has 4 heteroatoms. The number of Topliss-reactive ketones (excluding diaryl/α,β-unsaturated/α-hetero) is 1. The molecule has 0 spiro atoms. The highest BCUT2D eigenvalue weighted by molar-refractivity contribution is 5.96. The molecule has 0 amide bonds. The molecule has 0 heterocycles. The summed E-state index contributed by atoms with van der Waals surface area (Å²) in [5.41, 5.74) is 1.20. The van der Waals surface area contributed by atoms with Crippen molar-refractivity contribution in [2.45, 2.75) is 12.5 Å². The second-order valence-corrected chi connectivity index (χ2v) is 4.64. The van der Waals surface area contributed by atoms with Crippen LogP contribution < -0.4 is 4.74 Å². The van der Waals surface area contributed by atoms with E-state index in [9.17, 15) is 9.90 Å². The molecule has 0 aliphatic rings. The van der Waals surface area contributed by atoms with Crippen LogP contribution in [0.1, 0.15) is 28.4 Å². The summed E-state index contributed by atoms with van der Waals surface area (Å²) >= 11 is 0. The fourth-order valence-electron chi connectivity index (χ4n) is 2.14. The van der Waals surface area contributed by atoms with E-state index in [0.717, 1.165) is 0 Å². The van der Waals surface area contributed by atoms with Gasteiger partial charge in [-0.2, -0.15) is 0 Å². The van der Waals surface area contributed by atoms with Gasteiger partial charge in [-0.25, -0.2) is 0 Å². The van der Waals surface area contributed by atoms with Crippen molar-refractivity contribution in [1.29, 1.82) is 0 Å². The molecule has 2 aromatic rings. The Bertz CT molecular complexity index is 604. The number of ether oxygens (including phenoxy) is 2. The number of carbonyl (C=O) groups is 1. The first-order valence-electron chi connectivity index (χ1n) is 6.63. The van der Waals surface area contributed by atoms with Gasteiger partial charge in [0.15, 0.2) is 5.78 Å². The molecule has 0 bridgehead atoms. The molecule has 0 saturated heterocycles. The smallest absolute Gasteiger partial charge is 0.165 e. The number of ketones is 1. The Morgan fingerprint density at radius 1 is 1.10 bits per heavy atom. The molecule has 0 radical (unpaired) electrons. The highest BCUT2D eigenvalue weighted by atomic mass is 16.5. The number of aromatic hydroxyl groups is 1. The molecule has 2 aromatic carbocycles. The van der Waals surface area contributed by atoms with Gasteiger partial charge in [0.25, 0.3) is 0 Å². The molecule has 0 fully saturated rings. The van der Waals surface area contributed by atoms with Crippen LogP contribution in [-0.4, -0.2) is 25.1 Å². The summed E-state index contributed by atoms with van der Waals surface area (Å²) in [5.74, 6) is 0.787. The van der Waals surface area contributed by atoms with E-state index in [1.807, 2.05) is 0 Å². The van der Waals surface area contributed by atoms with Crippen molar-refractivity contribution in [3.63, 3.8) is 0 Å². The van der Waals surface area contributed by atoms with E-state index in [2.05, 4.69) is 0 Å². The molecule has 1 unspecified atom stereocenters. The average molecular weight is 286 g/mol. The van der Waals surface area contributed by atoms with Crippen LogP contribution in [-0.2, 0) is 4.74 Å². The van der Waals surface area contributed by atoms with Crippen LogP contribution in [0.5, 0.6) is 11.5 Å². The fraction of sp³-hybridized carbons (Fsp3) is 0.235. The van der Waals surface area contributed by atoms with Crippen molar-refractivity contribution in [2.24, 2.45) is 0 Å². The topological polar surface area (TPSA) is 55.8 Å². The Kier molecular flexibility index (Phi) is 4.95. The van der Waals surface area contributed by atoms with Crippen LogP contribution in [0.15, 0.2) is 48.5 Å². The largest absolute Gasteiger partial charge is 0.508 e. The Labute approximate surface area is 123 Å². The number of methoxy groups -OCH3 is 2. The molecular formula is C17H18O4. The van der Waals surface area contributed by atoms with Crippen LogP contribution in [0, 0.1) is 0 Å². The third-order valence-corrected chi connectivity index (χ3v) is 3.35. The van der Waals surface area contributed by atoms with Crippen LogP contribution in [0.2, 0.25) is 0 Å². The first-order chi connectivity index (χ1) is 10.2. The zero-order valence-electron chi connectivity index (χ0n) is 12.1. The lowest BCUT2D eigenvalue weighted by molar-refractivity contribution is 0.0722. The number of hydrogen-bond donors (Lipinski definition) is 1. The molecule has 110 valence electrons. The zero-order valence-corrected chi connectivity index (χ0v) is 12.1. The normalized spacial score (nSPS) is 11.9. The minimum Gasteiger partial charge on any atom is -0.508 e. The second-order valence-electron chi connectivity index (χ2n) is 4.64. The van der Waals surface area contributed by atoms with Crippen molar-refractivity contribution in [3.8, 4) is 11.5 Å². The average Bonchev–Trinajstić information content (AvgIpc) is 2.53. The van der Waals surface area contributed by atoms with Gasteiger partial charge < -0.3 is 14.6 Å². The number of phenols is 1. The number of hydrogen-bond acceptors (Lipinski definition) is 4. The van der Waals surface area contributed by atoms with E-state index < -0.39 is 6.10 Å². The summed E-state index contributed by atoms with van der Waals surface area (Å²) in [6, 6.07) is 13.8. The number of benzene rings is 2. The summed E-state index contributed by atoms with van der Waals surface area (Å²) in [7, 11) is 3.11. The molecule has 0 aliphatic heterocycles. The van der Waals surface area contributed by atoms with Gasteiger partial charge in [-0.3, -0.25) is 4.79 Å². The Morgan fingerprint density at radius 2 is 1.76 bits per heavy atom. The molecule has 4 nitrogen and oxygen atoms in total. The van der Waals surface area contributed by atoms with E-state index in [1.54, 1.807) is 55.6 Å². The van der Waals surface area contributed by atoms with Gasteiger partial charge in [0.2, 0.25) is 0 Å². The molecule has 0 aromatic heterocycles.